The van der Waals surface area contributed by atoms with Crippen molar-refractivity contribution in [1.29, 1.82) is 0 Å². The van der Waals surface area contributed by atoms with Gasteiger partial charge in [0, 0.05) is 18.8 Å². The summed E-state index contributed by atoms with van der Waals surface area (Å²) in [6, 6.07) is 0. The fraction of sp³-hybridized carbons (Fsp3) is 0.667. The summed E-state index contributed by atoms with van der Waals surface area (Å²) < 4.78 is 1.66. The molecule has 0 radical (unpaired) electrons. The van der Waals surface area contributed by atoms with Crippen LogP contribution in [0.3, 0.4) is 0 Å². The molecule has 2 rings (SSSR count). The monoisotopic (exact) mass is 236 g/mol. The Bertz CT molecular complexity index is 410. The third-order valence-corrected chi connectivity index (χ3v) is 3.54. The summed E-state index contributed by atoms with van der Waals surface area (Å²) in [6.07, 6.45) is 7.42. The average Bonchev–Trinajstić information content (AvgIpc) is 2.63. The van der Waals surface area contributed by atoms with Crippen LogP contribution in [0.4, 0.5) is 5.69 Å². The molecule has 1 saturated carbocycles. The number of nitrogens with zero attached hydrogens (tertiary/aromatic N) is 2. The van der Waals surface area contributed by atoms with Crippen LogP contribution >= 0.6 is 0 Å². The molecule has 1 amide bonds. The summed E-state index contributed by atoms with van der Waals surface area (Å²) >= 11 is 0. The Balaban J connectivity index is 2.04. The Kier molecular flexibility index (Phi) is 3.19. The van der Waals surface area contributed by atoms with E-state index < -0.39 is 0 Å². The lowest BCUT2D eigenvalue weighted by molar-refractivity contribution is -0.122. The fourth-order valence-electron chi connectivity index (χ4n) is 2.50. The topological polar surface area (TPSA) is 72.9 Å². The Morgan fingerprint density at radius 3 is 3.00 bits per heavy atom. The number of aryl methyl sites for hydroxylation is 1. The summed E-state index contributed by atoms with van der Waals surface area (Å²) in [6.45, 7) is 1.97. The molecule has 0 bridgehead atoms. The summed E-state index contributed by atoms with van der Waals surface area (Å²) in [4.78, 5) is 12.2. The quantitative estimate of drug-likeness (QED) is 0.812. The Morgan fingerprint density at radius 2 is 2.41 bits per heavy atom. The second-order valence-corrected chi connectivity index (χ2v) is 5.20. The van der Waals surface area contributed by atoms with Gasteiger partial charge in [0.2, 0.25) is 5.91 Å². The van der Waals surface area contributed by atoms with E-state index in [0.29, 0.717) is 0 Å². The van der Waals surface area contributed by atoms with Crippen LogP contribution in [0.25, 0.3) is 0 Å². The van der Waals surface area contributed by atoms with Crippen molar-refractivity contribution >= 4 is 11.6 Å². The van der Waals surface area contributed by atoms with Crippen LogP contribution < -0.4 is 11.1 Å². The van der Waals surface area contributed by atoms with E-state index in [0.717, 1.165) is 31.4 Å². The highest BCUT2D eigenvalue weighted by Crippen LogP contribution is 2.32. The zero-order valence-corrected chi connectivity index (χ0v) is 10.4. The molecule has 5 nitrogen and oxygen atoms in total. The summed E-state index contributed by atoms with van der Waals surface area (Å²) in [7, 11) is 1.82. The standard InChI is InChI=1S/C12H20N4O/c1-12(13)6-4-3-5-10(12)11(17)15-9-7-14-16(2)8-9/h7-8,10H,3-6,13H2,1-2H3,(H,15,17). The van der Waals surface area contributed by atoms with Gasteiger partial charge in [-0.1, -0.05) is 12.8 Å². The molecule has 3 N–H and O–H groups in total. The highest BCUT2D eigenvalue weighted by molar-refractivity contribution is 5.93. The van der Waals surface area contributed by atoms with E-state index >= 15 is 0 Å². The molecule has 0 saturated heterocycles. The third-order valence-electron chi connectivity index (χ3n) is 3.54. The van der Waals surface area contributed by atoms with E-state index in [1.54, 1.807) is 17.1 Å². The molecule has 94 valence electrons. The van der Waals surface area contributed by atoms with Crippen molar-refractivity contribution in [2.24, 2.45) is 18.7 Å². The van der Waals surface area contributed by atoms with Gasteiger partial charge >= 0.3 is 0 Å². The molecule has 1 aromatic heterocycles. The van der Waals surface area contributed by atoms with Crippen molar-refractivity contribution in [2.45, 2.75) is 38.1 Å². The van der Waals surface area contributed by atoms with Crippen LogP contribution in [0, 0.1) is 5.92 Å². The van der Waals surface area contributed by atoms with Crippen molar-refractivity contribution in [3.63, 3.8) is 0 Å². The molecule has 1 aromatic rings. The van der Waals surface area contributed by atoms with Crippen LogP contribution in [0.15, 0.2) is 12.4 Å². The molecule has 1 fully saturated rings. The fourth-order valence-corrected chi connectivity index (χ4v) is 2.50. The third kappa shape index (κ3) is 2.66. The van der Waals surface area contributed by atoms with Crippen LogP contribution in [0.1, 0.15) is 32.6 Å². The minimum Gasteiger partial charge on any atom is -0.325 e. The highest BCUT2D eigenvalue weighted by Gasteiger charge is 2.37. The molecular weight excluding hydrogens is 216 g/mol. The van der Waals surface area contributed by atoms with Crippen LogP contribution in [0.5, 0.6) is 0 Å². The zero-order valence-electron chi connectivity index (χ0n) is 10.4. The number of carbonyl (C=O) groups is 1. The lowest BCUT2D eigenvalue weighted by Crippen LogP contribution is -2.51. The van der Waals surface area contributed by atoms with Gasteiger partial charge in [0.25, 0.3) is 0 Å². The largest absolute Gasteiger partial charge is 0.325 e. The van der Waals surface area contributed by atoms with Gasteiger partial charge < -0.3 is 11.1 Å². The highest BCUT2D eigenvalue weighted by atomic mass is 16.2. The van der Waals surface area contributed by atoms with E-state index in [4.69, 9.17) is 5.73 Å². The van der Waals surface area contributed by atoms with Gasteiger partial charge in [-0.15, -0.1) is 0 Å². The molecule has 0 aliphatic heterocycles. The summed E-state index contributed by atoms with van der Waals surface area (Å²) in [5, 5.41) is 6.91. The normalized spacial score (nSPS) is 29.0. The first-order valence-electron chi connectivity index (χ1n) is 6.07. The number of carbonyl (C=O) groups excluding carboxylic acids is 1. The second kappa shape index (κ2) is 4.49. The van der Waals surface area contributed by atoms with Crippen molar-refractivity contribution in [3.8, 4) is 0 Å². The van der Waals surface area contributed by atoms with Gasteiger partial charge in [-0.25, -0.2) is 0 Å². The zero-order chi connectivity index (χ0) is 12.5. The van der Waals surface area contributed by atoms with Crippen LogP contribution in [-0.4, -0.2) is 21.2 Å². The van der Waals surface area contributed by atoms with Crippen molar-refractivity contribution in [3.05, 3.63) is 12.4 Å². The van der Waals surface area contributed by atoms with Crippen LogP contribution in [-0.2, 0) is 11.8 Å². The molecule has 0 spiro atoms. The number of hydrogen-bond donors (Lipinski definition) is 2. The first-order valence-corrected chi connectivity index (χ1v) is 6.07. The predicted molar refractivity (Wildman–Crippen MR) is 66.4 cm³/mol. The summed E-state index contributed by atoms with van der Waals surface area (Å²) in [5.74, 6) is -0.0841. The van der Waals surface area contributed by atoms with Crippen molar-refractivity contribution < 1.29 is 4.79 Å². The number of amides is 1. The van der Waals surface area contributed by atoms with E-state index in [1.807, 2.05) is 14.0 Å². The summed E-state index contributed by atoms with van der Waals surface area (Å²) in [5.41, 5.74) is 6.55. The lowest BCUT2D eigenvalue weighted by Gasteiger charge is -2.37. The van der Waals surface area contributed by atoms with E-state index in [9.17, 15) is 4.79 Å². The number of rotatable bonds is 2. The maximum absolute atomic E-state index is 12.2. The molecule has 1 aliphatic carbocycles. The molecule has 2 unspecified atom stereocenters. The molecule has 5 heteroatoms. The number of aromatic nitrogens is 2. The number of anilines is 1. The molecular formula is C12H20N4O. The number of nitrogens with one attached hydrogen (secondary N) is 1. The molecule has 17 heavy (non-hydrogen) atoms. The van der Waals surface area contributed by atoms with Gasteiger partial charge in [-0.2, -0.15) is 5.10 Å². The molecule has 1 aliphatic rings. The molecule has 1 heterocycles. The second-order valence-electron chi connectivity index (χ2n) is 5.20. The van der Waals surface area contributed by atoms with Gasteiger partial charge in [0.15, 0.2) is 0 Å². The molecule has 2 atom stereocenters. The first-order chi connectivity index (χ1) is 7.99. The Hall–Kier alpha value is -1.36. The minimum atomic E-state index is -0.384. The maximum atomic E-state index is 12.2. The Labute approximate surface area is 101 Å². The maximum Gasteiger partial charge on any atom is 0.229 e. The van der Waals surface area contributed by atoms with Gasteiger partial charge in [-0.05, 0) is 19.8 Å². The molecule has 0 aromatic carbocycles. The smallest absolute Gasteiger partial charge is 0.229 e. The van der Waals surface area contributed by atoms with Gasteiger partial charge in [0.1, 0.15) is 0 Å². The van der Waals surface area contributed by atoms with Crippen molar-refractivity contribution in [1.82, 2.24) is 9.78 Å². The predicted octanol–water partition coefficient (Wildman–Crippen LogP) is 1.27. The SMILES string of the molecule is Cn1cc(NC(=O)C2CCCCC2(C)N)cn1. The van der Waals surface area contributed by atoms with Gasteiger partial charge in [-0.3, -0.25) is 9.48 Å². The average molecular weight is 236 g/mol. The van der Waals surface area contributed by atoms with Gasteiger partial charge in [0.05, 0.1) is 17.8 Å². The number of hydrogen-bond acceptors (Lipinski definition) is 3. The van der Waals surface area contributed by atoms with E-state index in [1.165, 1.54) is 0 Å². The minimum absolute atomic E-state index is 0.0164. The lowest BCUT2D eigenvalue weighted by atomic mass is 9.74. The Morgan fingerprint density at radius 1 is 1.65 bits per heavy atom. The first kappa shape index (κ1) is 12.1. The number of nitrogens with two attached hydrogens (primary N) is 1. The van der Waals surface area contributed by atoms with Crippen LogP contribution in [0.2, 0.25) is 0 Å². The van der Waals surface area contributed by atoms with E-state index in [2.05, 4.69) is 10.4 Å². The van der Waals surface area contributed by atoms with E-state index in [-0.39, 0.29) is 17.4 Å². The van der Waals surface area contributed by atoms with Crippen molar-refractivity contribution in [2.75, 3.05) is 5.32 Å².